The number of carbonyl (C=O) groups excluding carboxylic acids is 2. The lowest BCUT2D eigenvalue weighted by molar-refractivity contribution is -0.114. The Morgan fingerprint density at radius 2 is 1.43 bits per heavy atom. The number of anilines is 2. The van der Waals surface area contributed by atoms with Crippen molar-refractivity contribution in [1.29, 1.82) is 0 Å². The van der Waals surface area contributed by atoms with Crippen LogP contribution in [0.5, 0.6) is 5.75 Å². The monoisotopic (exact) mass is 396 g/mol. The summed E-state index contributed by atoms with van der Waals surface area (Å²) in [4.78, 5) is 30.2. The second kappa shape index (κ2) is 6.88. The molecule has 0 fully saturated rings. The molecule has 0 aliphatic carbocycles. The number of likely N-dealkylation sites (N-methyl/N-ethyl adjacent to an activating group) is 1. The maximum Gasteiger partial charge on any atom is 0.260 e. The Balaban J connectivity index is 1.72. The molecule has 0 spiro atoms. The van der Waals surface area contributed by atoms with Crippen LogP contribution < -0.4 is 14.5 Å². The first-order valence-electron chi connectivity index (χ1n) is 9.76. The first kappa shape index (κ1) is 18.2. The van der Waals surface area contributed by atoms with E-state index >= 15 is 0 Å². The normalized spacial score (nSPS) is 17.4. The van der Waals surface area contributed by atoms with Crippen LogP contribution in [0.3, 0.4) is 0 Å². The molecule has 2 aliphatic heterocycles. The summed E-state index contributed by atoms with van der Waals surface area (Å²) in [5.41, 5.74) is 4.93. The van der Waals surface area contributed by atoms with Crippen molar-refractivity contribution in [3.8, 4) is 5.75 Å². The predicted molar refractivity (Wildman–Crippen MR) is 117 cm³/mol. The molecule has 2 heterocycles. The molecule has 0 saturated heterocycles. The fraction of sp³-hybridized carbons (Fsp3) is 0.120. The van der Waals surface area contributed by atoms with E-state index in [1.165, 1.54) is 0 Å². The van der Waals surface area contributed by atoms with E-state index in [2.05, 4.69) is 0 Å². The van der Waals surface area contributed by atoms with Crippen LogP contribution in [0.1, 0.15) is 16.7 Å². The Kier molecular flexibility index (Phi) is 4.17. The van der Waals surface area contributed by atoms with Crippen LogP contribution in [0.25, 0.3) is 11.1 Å². The minimum Gasteiger partial charge on any atom is -0.495 e. The molecule has 0 unspecified atom stereocenters. The van der Waals surface area contributed by atoms with Gasteiger partial charge < -0.3 is 14.5 Å². The molecule has 3 aromatic carbocycles. The highest BCUT2D eigenvalue weighted by atomic mass is 16.5. The topological polar surface area (TPSA) is 49.9 Å². The molecule has 30 heavy (non-hydrogen) atoms. The van der Waals surface area contributed by atoms with Crippen molar-refractivity contribution < 1.29 is 14.3 Å². The largest absolute Gasteiger partial charge is 0.495 e. The lowest BCUT2D eigenvalue weighted by atomic mass is 9.96. The Labute approximate surface area is 174 Å². The first-order valence-corrected chi connectivity index (χ1v) is 9.76. The number of hydrogen-bond acceptors (Lipinski definition) is 3. The third-order valence-corrected chi connectivity index (χ3v) is 5.70. The van der Waals surface area contributed by atoms with Crippen molar-refractivity contribution >= 4 is 34.3 Å². The summed E-state index contributed by atoms with van der Waals surface area (Å²) >= 11 is 0. The van der Waals surface area contributed by atoms with Crippen molar-refractivity contribution in [2.45, 2.75) is 6.54 Å². The van der Waals surface area contributed by atoms with Crippen LogP contribution in [-0.4, -0.2) is 26.0 Å². The molecule has 2 aliphatic rings. The average Bonchev–Trinajstić information content (AvgIpc) is 3.19. The fourth-order valence-electron chi connectivity index (χ4n) is 4.31. The van der Waals surface area contributed by atoms with Crippen molar-refractivity contribution in [2.24, 2.45) is 0 Å². The molecule has 0 bridgehead atoms. The highest BCUT2D eigenvalue weighted by Crippen LogP contribution is 2.48. The third kappa shape index (κ3) is 2.55. The lowest BCUT2D eigenvalue weighted by Crippen LogP contribution is -2.27. The minimum atomic E-state index is -0.200. The van der Waals surface area contributed by atoms with Gasteiger partial charge >= 0.3 is 0 Å². The summed E-state index contributed by atoms with van der Waals surface area (Å²) < 4.78 is 5.47. The van der Waals surface area contributed by atoms with Gasteiger partial charge in [0.15, 0.2) is 0 Å². The average molecular weight is 396 g/mol. The molecule has 3 aromatic rings. The number of ether oxygens (including phenoxy) is 1. The van der Waals surface area contributed by atoms with Crippen molar-refractivity contribution in [1.82, 2.24) is 0 Å². The fourth-order valence-corrected chi connectivity index (χ4v) is 4.31. The standard InChI is InChI=1S/C25H20N2O3/c1-26-23-18(12-8-14-20(23)30-2)22(24(26)28)21-17-11-6-7-13-19(17)27(25(21)29)15-16-9-4-3-5-10-16/h3-14H,15H2,1-2H3/b22-21+. The number of amides is 2. The molecule has 5 heteroatoms. The van der Waals surface area contributed by atoms with E-state index < -0.39 is 0 Å². The van der Waals surface area contributed by atoms with Gasteiger partial charge in [-0.25, -0.2) is 0 Å². The zero-order valence-electron chi connectivity index (χ0n) is 16.8. The van der Waals surface area contributed by atoms with Gasteiger partial charge in [0.2, 0.25) is 0 Å². The first-order chi connectivity index (χ1) is 14.6. The quantitative estimate of drug-likeness (QED) is 0.626. The van der Waals surface area contributed by atoms with Gasteiger partial charge in [-0.05, 0) is 17.7 Å². The SMILES string of the molecule is COc1cccc2c1N(C)C(=O)/C2=C1/C(=O)N(Cc2ccccc2)c2ccccc21. The smallest absolute Gasteiger partial charge is 0.260 e. The van der Waals surface area contributed by atoms with Crippen molar-refractivity contribution in [3.05, 3.63) is 89.5 Å². The molecular weight excluding hydrogens is 376 g/mol. The number of methoxy groups -OCH3 is 1. The minimum absolute atomic E-state index is 0.160. The Morgan fingerprint density at radius 1 is 0.767 bits per heavy atom. The molecule has 0 aromatic heterocycles. The van der Waals surface area contributed by atoms with E-state index in [9.17, 15) is 9.59 Å². The van der Waals surface area contributed by atoms with Crippen molar-refractivity contribution in [2.75, 3.05) is 24.0 Å². The molecule has 0 saturated carbocycles. The second-order valence-corrected chi connectivity index (χ2v) is 7.36. The molecule has 5 rings (SSSR count). The van der Waals surface area contributed by atoms with E-state index in [-0.39, 0.29) is 11.8 Å². The Hall–Kier alpha value is -3.86. The molecule has 0 radical (unpaired) electrons. The highest BCUT2D eigenvalue weighted by Gasteiger charge is 2.41. The lowest BCUT2D eigenvalue weighted by Gasteiger charge is -2.17. The van der Waals surface area contributed by atoms with Crippen LogP contribution in [-0.2, 0) is 16.1 Å². The van der Waals surface area contributed by atoms with Gasteiger partial charge in [0.1, 0.15) is 5.75 Å². The van der Waals surface area contributed by atoms with Gasteiger partial charge in [-0.1, -0.05) is 60.7 Å². The number of hydrogen-bond donors (Lipinski definition) is 0. The van der Waals surface area contributed by atoms with Crippen LogP contribution in [0.15, 0.2) is 72.8 Å². The van der Waals surface area contributed by atoms with Crippen LogP contribution >= 0.6 is 0 Å². The number of para-hydroxylation sites is 2. The zero-order chi connectivity index (χ0) is 20.8. The molecule has 2 amide bonds. The summed E-state index contributed by atoms with van der Waals surface area (Å²) in [6.45, 7) is 0.447. The van der Waals surface area contributed by atoms with E-state index in [0.29, 0.717) is 29.1 Å². The maximum atomic E-state index is 13.6. The molecule has 148 valence electrons. The summed E-state index contributed by atoms with van der Waals surface area (Å²) in [5, 5.41) is 0. The molecule has 0 N–H and O–H groups in total. The highest BCUT2D eigenvalue weighted by molar-refractivity contribution is 6.49. The number of fused-ring (bicyclic) bond motifs is 2. The summed E-state index contributed by atoms with van der Waals surface area (Å²) in [6, 6.07) is 23.0. The van der Waals surface area contributed by atoms with Gasteiger partial charge in [0.05, 0.1) is 36.2 Å². The summed E-state index contributed by atoms with van der Waals surface area (Å²) in [7, 11) is 3.29. The molecular formula is C25H20N2O3. The Bertz CT molecular complexity index is 1210. The van der Waals surface area contributed by atoms with E-state index in [1.807, 2.05) is 72.8 Å². The molecule has 5 nitrogen and oxygen atoms in total. The number of nitrogens with zero attached hydrogens (tertiary/aromatic N) is 2. The van der Waals surface area contributed by atoms with E-state index in [4.69, 9.17) is 4.74 Å². The van der Waals surface area contributed by atoms with E-state index in [1.54, 1.807) is 24.0 Å². The van der Waals surface area contributed by atoms with Gasteiger partial charge in [-0.15, -0.1) is 0 Å². The van der Waals surface area contributed by atoms with Crippen molar-refractivity contribution in [3.63, 3.8) is 0 Å². The van der Waals surface area contributed by atoms with Crippen LogP contribution in [0, 0.1) is 0 Å². The summed E-state index contributed by atoms with van der Waals surface area (Å²) in [6.07, 6.45) is 0. The van der Waals surface area contributed by atoms with Gasteiger partial charge in [-0.3, -0.25) is 9.59 Å². The molecule has 0 atom stereocenters. The van der Waals surface area contributed by atoms with Gasteiger partial charge in [-0.2, -0.15) is 0 Å². The van der Waals surface area contributed by atoms with Crippen LogP contribution in [0.2, 0.25) is 0 Å². The second-order valence-electron chi connectivity index (χ2n) is 7.36. The van der Waals surface area contributed by atoms with Crippen LogP contribution in [0.4, 0.5) is 11.4 Å². The summed E-state index contributed by atoms with van der Waals surface area (Å²) in [5.74, 6) is 0.250. The number of benzene rings is 3. The number of carbonyl (C=O) groups is 2. The predicted octanol–water partition coefficient (Wildman–Crippen LogP) is 4.13. The number of rotatable bonds is 3. The van der Waals surface area contributed by atoms with Gasteiger partial charge in [0, 0.05) is 18.2 Å². The maximum absolute atomic E-state index is 13.6. The third-order valence-electron chi connectivity index (χ3n) is 5.70. The zero-order valence-corrected chi connectivity index (χ0v) is 16.8. The van der Waals surface area contributed by atoms with E-state index in [0.717, 1.165) is 22.4 Å². The van der Waals surface area contributed by atoms with Gasteiger partial charge in [0.25, 0.3) is 11.8 Å². The Morgan fingerprint density at radius 3 is 2.20 bits per heavy atom.